The molecule has 0 unspecified atom stereocenters. The standard InChI is InChI=1S/C19H20N2OS/c1-14(2)11-12-21-19(22)16-8-4-6-10-18(16)23-17-9-5-3-7-15(17)13-20/h3-10,14H,11-12H2,1-2H3,(H,21,22). The molecule has 4 heteroatoms. The highest BCUT2D eigenvalue weighted by Crippen LogP contribution is 2.32. The normalized spacial score (nSPS) is 10.3. The van der Waals surface area contributed by atoms with E-state index in [1.54, 1.807) is 6.07 Å². The van der Waals surface area contributed by atoms with Gasteiger partial charge in [0.1, 0.15) is 6.07 Å². The van der Waals surface area contributed by atoms with Gasteiger partial charge in [-0.3, -0.25) is 4.79 Å². The van der Waals surface area contributed by atoms with Gasteiger partial charge in [0.15, 0.2) is 0 Å². The fourth-order valence-electron chi connectivity index (χ4n) is 2.08. The van der Waals surface area contributed by atoms with Crippen LogP contribution in [0.3, 0.4) is 0 Å². The molecule has 0 spiro atoms. The molecule has 0 heterocycles. The number of rotatable bonds is 6. The molecular weight excluding hydrogens is 304 g/mol. The van der Waals surface area contributed by atoms with Gasteiger partial charge >= 0.3 is 0 Å². The largest absolute Gasteiger partial charge is 0.352 e. The van der Waals surface area contributed by atoms with Crippen molar-refractivity contribution >= 4 is 17.7 Å². The zero-order valence-electron chi connectivity index (χ0n) is 13.4. The van der Waals surface area contributed by atoms with Crippen molar-refractivity contribution in [3.8, 4) is 6.07 Å². The third kappa shape index (κ3) is 4.87. The van der Waals surface area contributed by atoms with Gasteiger partial charge in [-0.25, -0.2) is 0 Å². The van der Waals surface area contributed by atoms with Crippen molar-refractivity contribution in [3.05, 3.63) is 59.7 Å². The summed E-state index contributed by atoms with van der Waals surface area (Å²) in [5, 5.41) is 12.2. The van der Waals surface area contributed by atoms with E-state index >= 15 is 0 Å². The monoisotopic (exact) mass is 324 g/mol. The number of hydrogen-bond acceptors (Lipinski definition) is 3. The van der Waals surface area contributed by atoms with E-state index in [-0.39, 0.29) is 5.91 Å². The zero-order valence-corrected chi connectivity index (χ0v) is 14.2. The van der Waals surface area contributed by atoms with Crippen molar-refractivity contribution in [2.24, 2.45) is 5.92 Å². The number of benzene rings is 2. The van der Waals surface area contributed by atoms with E-state index in [0.717, 1.165) is 16.2 Å². The summed E-state index contributed by atoms with van der Waals surface area (Å²) in [5.41, 5.74) is 1.27. The zero-order chi connectivity index (χ0) is 16.7. The van der Waals surface area contributed by atoms with Gasteiger partial charge in [-0.15, -0.1) is 0 Å². The van der Waals surface area contributed by atoms with Crippen LogP contribution in [-0.4, -0.2) is 12.5 Å². The van der Waals surface area contributed by atoms with Crippen LogP contribution in [0, 0.1) is 17.2 Å². The van der Waals surface area contributed by atoms with E-state index in [9.17, 15) is 10.1 Å². The van der Waals surface area contributed by atoms with Gasteiger partial charge in [-0.05, 0) is 36.6 Å². The average molecular weight is 324 g/mol. The average Bonchev–Trinajstić information content (AvgIpc) is 2.55. The van der Waals surface area contributed by atoms with Crippen LogP contribution in [-0.2, 0) is 0 Å². The lowest BCUT2D eigenvalue weighted by molar-refractivity contribution is 0.0949. The summed E-state index contributed by atoms with van der Waals surface area (Å²) < 4.78 is 0. The fourth-order valence-corrected chi connectivity index (χ4v) is 3.10. The molecule has 2 rings (SSSR count). The second-order valence-electron chi connectivity index (χ2n) is 5.64. The van der Waals surface area contributed by atoms with Crippen LogP contribution in [0.1, 0.15) is 36.2 Å². The number of nitriles is 1. The fraction of sp³-hybridized carbons (Fsp3) is 0.263. The summed E-state index contributed by atoms with van der Waals surface area (Å²) in [6, 6.07) is 17.1. The first-order chi connectivity index (χ1) is 11.1. The first kappa shape index (κ1) is 17.1. The predicted molar refractivity (Wildman–Crippen MR) is 93.5 cm³/mol. The van der Waals surface area contributed by atoms with E-state index in [1.165, 1.54) is 11.8 Å². The maximum Gasteiger partial charge on any atom is 0.252 e. The lowest BCUT2D eigenvalue weighted by atomic mass is 10.1. The summed E-state index contributed by atoms with van der Waals surface area (Å²) in [4.78, 5) is 14.1. The number of nitrogens with zero attached hydrogens (tertiary/aromatic N) is 1. The van der Waals surface area contributed by atoms with E-state index in [4.69, 9.17) is 0 Å². The van der Waals surface area contributed by atoms with E-state index in [1.807, 2.05) is 42.5 Å². The van der Waals surface area contributed by atoms with Gasteiger partial charge in [-0.1, -0.05) is 49.9 Å². The minimum absolute atomic E-state index is 0.0665. The highest BCUT2D eigenvalue weighted by molar-refractivity contribution is 7.99. The quantitative estimate of drug-likeness (QED) is 0.852. The Morgan fingerprint density at radius 3 is 2.48 bits per heavy atom. The number of carbonyl (C=O) groups excluding carboxylic acids is 1. The van der Waals surface area contributed by atoms with Crippen LogP contribution in [0.15, 0.2) is 58.3 Å². The van der Waals surface area contributed by atoms with Crippen molar-refractivity contribution in [1.29, 1.82) is 5.26 Å². The Bertz CT molecular complexity index is 719. The molecule has 118 valence electrons. The highest BCUT2D eigenvalue weighted by Gasteiger charge is 2.13. The molecule has 0 aliphatic carbocycles. The summed E-state index contributed by atoms with van der Waals surface area (Å²) in [6.07, 6.45) is 0.957. The van der Waals surface area contributed by atoms with Crippen LogP contribution in [0.2, 0.25) is 0 Å². The van der Waals surface area contributed by atoms with Crippen LogP contribution < -0.4 is 5.32 Å². The first-order valence-electron chi connectivity index (χ1n) is 7.66. The van der Waals surface area contributed by atoms with Crippen molar-refractivity contribution in [2.75, 3.05) is 6.54 Å². The molecule has 0 atom stereocenters. The second kappa shape index (κ2) is 8.40. The summed E-state index contributed by atoms with van der Waals surface area (Å²) >= 11 is 1.45. The molecular formula is C19H20N2OS. The molecule has 2 aromatic carbocycles. The molecule has 0 saturated carbocycles. The summed E-state index contributed by atoms with van der Waals surface area (Å²) in [7, 11) is 0. The Balaban J connectivity index is 2.17. The Kier molecular flexibility index (Phi) is 6.25. The lowest BCUT2D eigenvalue weighted by Gasteiger charge is -2.11. The van der Waals surface area contributed by atoms with E-state index < -0.39 is 0 Å². The van der Waals surface area contributed by atoms with Gasteiger partial charge in [0, 0.05) is 16.3 Å². The van der Waals surface area contributed by atoms with Crippen LogP contribution in [0.4, 0.5) is 0 Å². The van der Waals surface area contributed by atoms with Crippen molar-refractivity contribution in [3.63, 3.8) is 0 Å². The van der Waals surface area contributed by atoms with Gasteiger partial charge in [0.2, 0.25) is 0 Å². The molecule has 1 amide bonds. The number of nitrogens with one attached hydrogen (secondary N) is 1. The molecule has 0 saturated heterocycles. The van der Waals surface area contributed by atoms with Crippen LogP contribution in [0.5, 0.6) is 0 Å². The van der Waals surface area contributed by atoms with Crippen molar-refractivity contribution in [2.45, 2.75) is 30.1 Å². The van der Waals surface area contributed by atoms with Gasteiger partial charge in [-0.2, -0.15) is 5.26 Å². The molecule has 0 bridgehead atoms. The highest BCUT2D eigenvalue weighted by atomic mass is 32.2. The van der Waals surface area contributed by atoms with Gasteiger partial charge in [0.25, 0.3) is 5.91 Å². The molecule has 23 heavy (non-hydrogen) atoms. The number of amides is 1. The van der Waals surface area contributed by atoms with Crippen LogP contribution >= 0.6 is 11.8 Å². The maximum atomic E-state index is 12.4. The Morgan fingerprint density at radius 2 is 1.78 bits per heavy atom. The smallest absolute Gasteiger partial charge is 0.252 e. The van der Waals surface area contributed by atoms with Crippen LogP contribution in [0.25, 0.3) is 0 Å². The number of carbonyl (C=O) groups is 1. The molecule has 1 N–H and O–H groups in total. The molecule has 0 aliphatic rings. The number of hydrogen-bond donors (Lipinski definition) is 1. The first-order valence-corrected chi connectivity index (χ1v) is 8.47. The molecule has 0 aliphatic heterocycles. The Hall–Kier alpha value is -2.25. The maximum absolute atomic E-state index is 12.4. The van der Waals surface area contributed by atoms with E-state index in [2.05, 4.69) is 25.2 Å². The molecule has 0 radical (unpaired) electrons. The topological polar surface area (TPSA) is 52.9 Å². The summed E-state index contributed by atoms with van der Waals surface area (Å²) in [5.74, 6) is 0.491. The molecule has 0 aromatic heterocycles. The van der Waals surface area contributed by atoms with Gasteiger partial charge < -0.3 is 5.32 Å². The lowest BCUT2D eigenvalue weighted by Crippen LogP contribution is -2.25. The summed E-state index contributed by atoms with van der Waals surface area (Å²) in [6.45, 7) is 4.94. The van der Waals surface area contributed by atoms with Crippen molar-refractivity contribution < 1.29 is 4.79 Å². The Morgan fingerprint density at radius 1 is 1.13 bits per heavy atom. The third-order valence-corrected chi connectivity index (χ3v) is 4.52. The minimum Gasteiger partial charge on any atom is -0.352 e. The molecule has 0 fully saturated rings. The van der Waals surface area contributed by atoms with Crippen molar-refractivity contribution in [1.82, 2.24) is 5.32 Å². The van der Waals surface area contributed by atoms with Gasteiger partial charge in [0.05, 0.1) is 11.1 Å². The minimum atomic E-state index is -0.0665. The van der Waals surface area contributed by atoms with E-state index in [0.29, 0.717) is 23.6 Å². The second-order valence-corrected chi connectivity index (χ2v) is 6.73. The Labute approximate surface area is 141 Å². The SMILES string of the molecule is CC(C)CCNC(=O)c1ccccc1Sc1ccccc1C#N. The predicted octanol–water partition coefficient (Wildman–Crippen LogP) is 4.49. The molecule has 2 aromatic rings. The third-order valence-electron chi connectivity index (χ3n) is 3.37. The molecule has 3 nitrogen and oxygen atoms in total.